The number of amides is 1. The maximum atomic E-state index is 11.2. The molecule has 0 spiro atoms. The van der Waals surface area contributed by atoms with Gasteiger partial charge in [-0.25, -0.2) is 4.79 Å². The summed E-state index contributed by atoms with van der Waals surface area (Å²) in [4.78, 5) is 23.1. The molecule has 5 heteroatoms. The second-order valence-corrected chi connectivity index (χ2v) is 3.14. The molecular weight excluding hydrogens is 174 g/mol. The highest BCUT2D eigenvalue weighted by molar-refractivity contribution is 5.84. The second-order valence-electron chi connectivity index (χ2n) is 3.14. The Kier molecular flexibility index (Phi) is 2.87. The molecule has 1 rings (SSSR count). The third kappa shape index (κ3) is 1.98. The van der Waals surface area contributed by atoms with Crippen LogP contribution in [-0.4, -0.2) is 45.7 Å². The van der Waals surface area contributed by atoms with Crippen molar-refractivity contribution in [3.05, 3.63) is 0 Å². The highest BCUT2D eigenvalue weighted by atomic mass is 16.4. The number of likely N-dealkylation sites (tertiary alicyclic amines) is 1. The van der Waals surface area contributed by atoms with Crippen molar-refractivity contribution in [2.45, 2.75) is 31.9 Å². The Morgan fingerprint density at radius 1 is 1.54 bits per heavy atom. The molecule has 5 nitrogen and oxygen atoms in total. The lowest BCUT2D eigenvalue weighted by molar-refractivity contribution is -0.148. The molecule has 1 aliphatic heterocycles. The van der Waals surface area contributed by atoms with E-state index in [9.17, 15) is 14.7 Å². The summed E-state index contributed by atoms with van der Waals surface area (Å²) in [6.07, 6.45) is -0.283. The summed E-state index contributed by atoms with van der Waals surface area (Å²) in [6.45, 7) is 1.82. The van der Waals surface area contributed by atoms with Crippen LogP contribution >= 0.6 is 0 Å². The number of aliphatic hydroxyl groups is 1. The van der Waals surface area contributed by atoms with Crippen LogP contribution in [0.2, 0.25) is 0 Å². The maximum absolute atomic E-state index is 11.2. The predicted molar refractivity (Wildman–Crippen MR) is 44.1 cm³/mol. The van der Waals surface area contributed by atoms with E-state index in [2.05, 4.69) is 0 Å². The number of carbonyl (C=O) groups excluding carboxylic acids is 1. The first-order valence-corrected chi connectivity index (χ1v) is 4.26. The van der Waals surface area contributed by atoms with Crippen LogP contribution in [-0.2, 0) is 9.59 Å². The number of hydrogen-bond donors (Lipinski definition) is 2. The quantitative estimate of drug-likeness (QED) is 0.607. The van der Waals surface area contributed by atoms with Gasteiger partial charge in [-0.15, -0.1) is 0 Å². The van der Waals surface area contributed by atoms with Gasteiger partial charge >= 0.3 is 5.97 Å². The van der Waals surface area contributed by atoms with Crippen molar-refractivity contribution >= 4 is 11.9 Å². The number of hydrogen-bond acceptors (Lipinski definition) is 3. The lowest BCUT2D eigenvalue weighted by atomic mass is 10.2. The zero-order valence-corrected chi connectivity index (χ0v) is 7.43. The topological polar surface area (TPSA) is 77.8 Å². The van der Waals surface area contributed by atoms with E-state index >= 15 is 0 Å². The van der Waals surface area contributed by atoms with Crippen LogP contribution in [0.15, 0.2) is 0 Å². The Bertz CT molecular complexity index is 228. The summed E-state index contributed by atoms with van der Waals surface area (Å²) in [7, 11) is 0. The molecular formula is C8H13NO4. The number of aliphatic carboxylic acids is 1. The molecule has 0 aromatic carbocycles. The lowest BCUT2D eigenvalue weighted by Crippen LogP contribution is -2.40. The SMILES string of the molecule is CCC(=O)N1C[C@H](O)C[C@H]1C(=O)O. The van der Waals surface area contributed by atoms with Crippen molar-refractivity contribution in [3.8, 4) is 0 Å². The van der Waals surface area contributed by atoms with Gasteiger partial charge < -0.3 is 15.1 Å². The van der Waals surface area contributed by atoms with Gasteiger partial charge in [0, 0.05) is 19.4 Å². The van der Waals surface area contributed by atoms with Gasteiger partial charge in [0.15, 0.2) is 0 Å². The summed E-state index contributed by atoms with van der Waals surface area (Å²) in [5.74, 6) is -1.26. The molecule has 1 fully saturated rings. The second kappa shape index (κ2) is 3.74. The molecule has 1 heterocycles. The molecule has 0 unspecified atom stereocenters. The minimum absolute atomic E-state index is 0.140. The molecule has 1 aliphatic rings. The molecule has 74 valence electrons. The molecule has 0 aromatic rings. The summed E-state index contributed by atoms with van der Waals surface area (Å²) < 4.78 is 0. The third-order valence-electron chi connectivity index (χ3n) is 2.19. The van der Waals surface area contributed by atoms with Crippen LogP contribution in [0.25, 0.3) is 0 Å². The number of nitrogens with zero attached hydrogens (tertiary/aromatic N) is 1. The van der Waals surface area contributed by atoms with Gasteiger partial charge in [-0.1, -0.05) is 6.92 Å². The predicted octanol–water partition coefficient (Wildman–Crippen LogP) is -0.557. The molecule has 2 N–H and O–H groups in total. The fourth-order valence-corrected chi connectivity index (χ4v) is 1.53. The highest BCUT2D eigenvalue weighted by Gasteiger charge is 2.37. The smallest absolute Gasteiger partial charge is 0.326 e. The monoisotopic (exact) mass is 187 g/mol. The molecule has 0 radical (unpaired) electrons. The first kappa shape index (κ1) is 9.98. The zero-order valence-electron chi connectivity index (χ0n) is 7.43. The fourth-order valence-electron chi connectivity index (χ4n) is 1.53. The molecule has 13 heavy (non-hydrogen) atoms. The highest BCUT2D eigenvalue weighted by Crippen LogP contribution is 2.18. The van der Waals surface area contributed by atoms with Gasteiger partial charge in [0.25, 0.3) is 0 Å². The van der Waals surface area contributed by atoms with Crippen molar-refractivity contribution in [2.24, 2.45) is 0 Å². The fraction of sp³-hybridized carbons (Fsp3) is 0.750. The van der Waals surface area contributed by atoms with Crippen LogP contribution in [0, 0.1) is 0 Å². The van der Waals surface area contributed by atoms with Gasteiger partial charge in [-0.2, -0.15) is 0 Å². The number of carboxylic acids is 1. The number of β-amino-alcohol motifs (C(OH)–C–C–N with tert-alkyl or cyclic N) is 1. The van der Waals surface area contributed by atoms with Crippen molar-refractivity contribution in [1.29, 1.82) is 0 Å². The number of aliphatic hydroxyl groups excluding tert-OH is 1. The van der Waals surface area contributed by atoms with Crippen LogP contribution < -0.4 is 0 Å². The van der Waals surface area contributed by atoms with E-state index in [1.165, 1.54) is 4.90 Å². The first-order valence-electron chi connectivity index (χ1n) is 4.26. The molecule has 1 saturated heterocycles. The van der Waals surface area contributed by atoms with E-state index in [1.54, 1.807) is 6.92 Å². The van der Waals surface area contributed by atoms with Crippen LogP contribution in [0.1, 0.15) is 19.8 Å². The molecule has 0 aromatic heterocycles. The van der Waals surface area contributed by atoms with Crippen molar-refractivity contribution in [2.75, 3.05) is 6.54 Å². The average molecular weight is 187 g/mol. The van der Waals surface area contributed by atoms with E-state index in [1.807, 2.05) is 0 Å². The van der Waals surface area contributed by atoms with Gasteiger partial charge in [0.2, 0.25) is 5.91 Å². The largest absolute Gasteiger partial charge is 0.480 e. The average Bonchev–Trinajstić information content (AvgIpc) is 2.46. The van der Waals surface area contributed by atoms with Crippen LogP contribution in [0.5, 0.6) is 0 Å². The number of rotatable bonds is 2. The molecule has 0 bridgehead atoms. The standard InChI is InChI=1S/C8H13NO4/c1-2-7(11)9-4-5(10)3-6(9)8(12)13/h5-6,10H,2-4H2,1H3,(H,12,13)/t5-,6+/m1/s1. The molecule has 0 saturated carbocycles. The van der Waals surface area contributed by atoms with Gasteiger partial charge in [0.05, 0.1) is 6.10 Å². The maximum Gasteiger partial charge on any atom is 0.326 e. The minimum Gasteiger partial charge on any atom is -0.480 e. The van der Waals surface area contributed by atoms with Crippen LogP contribution in [0.3, 0.4) is 0 Å². The lowest BCUT2D eigenvalue weighted by Gasteiger charge is -2.19. The summed E-state index contributed by atoms with van der Waals surface area (Å²) in [5, 5.41) is 17.9. The Balaban J connectivity index is 2.71. The van der Waals surface area contributed by atoms with Gasteiger partial charge in [0.1, 0.15) is 6.04 Å². The summed E-state index contributed by atoms with van der Waals surface area (Å²) in [5.41, 5.74) is 0. The van der Waals surface area contributed by atoms with E-state index < -0.39 is 18.1 Å². The Hall–Kier alpha value is -1.10. The minimum atomic E-state index is -1.04. The molecule has 2 atom stereocenters. The van der Waals surface area contributed by atoms with Crippen molar-refractivity contribution in [3.63, 3.8) is 0 Å². The Morgan fingerprint density at radius 3 is 2.62 bits per heavy atom. The number of carbonyl (C=O) groups is 2. The zero-order chi connectivity index (χ0) is 10.0. The van der Waals surface area contributed by atoms with E-state index in [0.29, 0.717) is 0 Å². The van der Waals surface area contributed by atoms with E-state index in [-0.39, 0.29) is 25.3 Å². The normalized spacial score (nSPS) is 27.7. The Labute approximate surface area is 76.0 Å². The van der Waals surface area contributed by atoms with Gasteiger partial charge in [-0.3, -0.25) is 4.79 Å². The molecule has 0 aliphatic carbocycles. The van der Waals surface area contributed by atoms with E-state index in [0.717, 1.165) is 0 Å². The number of carboxylic acid groups (broad SMARTS) is 1. The van der Waals surface area contributed by atoms with E-state index in [4.69, 9.17) is 5.11 Å². The van der Waals surface area contributed by atoms with Crippen LogP contribution in [0.4, 0.5) is 0 Å². The third-order valence-corrected chi connectivity index (χ3v) is 2.19. The Morgan fingerprint density at radius 2 is 2.15 bits per heavy atom. The van der Waals surface area contributed by atoms with Gasteiger partial charge in [-0.05, 0) is 0 Å². The molecule has 1 amide bonds. The van der Waals surface area contributed by atoms with Crippen molar-refractivity contribution in [1.82, 2.24) is 4.90 Å². The van der Waals surface area contributed by atoms with Crippen molar-refractivity contribution < 1.29 is 19.8 Å². The first-order chi connectivity index (χ1) is 6.06. The summed E-state index contributed by atoms with van der Waals surface area (Å²) >= 11 is 0. The summed E-state index contributed by atoms with van der Waals surface area (Å²) in [6, 6.07) is -0.845.